The Hall–Kier alpha value is -2.37. The Morgan fingerprint density at radius 1 is 0.950 bits per heavy atom. The number of halogens is 4. The zero-order valence-corrected chi connectivity index (χ0v) is 9.91. The summed E-state index contributed by atoms with van der Waals surface area (Å²) in [6.45, 7) is 0. The first-order chi connectivity index (χ1) is 9.45. The van der Waals surface area contributed by atoms with Crippen LogP contribution in [0.5, 0.6) is 0 Å². The van der Waals surface area contributed by atoms with E-state index in [1.165, 1.54) is 30.3 Å². The van der Waals surface area contributed by atoms with Crippen molar-refractivity contribution >= 4 is 11.0 Å². The molecule has 0 aliphatic rings. The fourth-order valence-electron chi connectivity index (χ4n) is 1.94. The molecule has 0 saturated heterocycles. The van der Waals surface area contributed by atoms with Crippen LogP contribution in [0, 0.1) is 5.82 Å². The highest BCUT2D eigenvalue weighted by Crippen LogP contribution is 2.32. The van der Waals surface area contributed by atoms with E-state index in [0.29, 0.717) is 16.6 Å². The average Bonchev–Trinajstić information content (AvgIpc) is 2.80. The molecule has 0 spiro atoms. The first kappa shape index (κ1) is 12.7. The van der Waals surface area contributed by atoms with Gasteiger partial charge in [0.15, 0.2) is 5.58 Å². The smallest absolute Gasteiger partial charge is 0.356 e. The summed E-state index contributed by atoms with van der Waals surface area (Å²) in [6, 6.07) is 8.46. The van der Waals surface area contributed by atoms with E-state index in [1.54, 1.807) is 0 Å². The molecule has 0 aliphatic heterocycles. The van der Waals surface area contributed by atoms with Gasteiger partial charge in [-0.05, 0) is 24.3 Å². The van der Waals surface area contributed by atoms with Crippen LogP contribution in [0.1, 0.15) is 5.56 Å². The third-order valence-corrected chi connectivity index (χ3v) is 2.92. The molecule has 102 valence electrons. The quantitative estimate of drug-likeness (QED) is 0.607. The molecule has 1 aromatic heterocycles. The molecule has 0 unspecified atom stereocenters. The second-order valence-corrected chi connectivity index (χ2v) is 4.25. The van der Waals surface area contributed by atoms with Crippen molar-refractivity contribution in [3.63, 3.8) is 0 Å². The number of hydrogen-bond donors (Lipinski definition) is 0. The fraction of sp³-hybridized carbons (Fsp3) is 0.0714. The molecule has 6 heteroatoms. The van der Waals surface area contributed by atoms with Gasteiger partial charge in [-0.1, -0.05) is 17.3 Å². The van der Waals surface area contributed by atoms with Gasteiger partial charge in [0.2, 0.25) is 0 Å². The fourth-order valence-corrected chi connectivity index (χ4v) is 1.94. The molecular formula is C14H7F4NO. The minimum absolute atomic E-state index is 0.250. The highest BCUT2D eigenvalue weighted by Gasteiger charge is 2.30. The van der Waals surface area contributed by atoms with Crippen molar-refractivity contribution in [3.05, 3.63) is 53.8 Å². The average molecular weight is 281 g/mol. The first-order valence-electron chi connectivity index (χ1n) is 5.68. The van der Waals surface area contributed by atoms with Crippen molar-refractivity contribution in [2.24, 2.45) is 0 Å². The Kier molecular flexibility index (Phi) is 2.74. The van der Waals surface area contributed by atoms with Gasteiger partial charge in [0.05, 0.1) is 5.56 Å². The van der Waals surface area contributed by atoms with E-state index in [-0.39, 0.29) is 5.58 Å². The van der Waals surface area contributed by atoms with Crippen LogP contribution in [0.15, 0.2) is 47.0 Å². The standard InChI is InChI=1S/C14H7F4NO/c15-10-5-6-11-12(7-10)20-19-13(11)8-1-3-9(4-2-8)14(16,17)18/h1-7H. The summed E-state index contributed by atoms with van der Waals surface area (Å²) in [5, 5.41) is 4.32. The Morgan fingerprint density at radius 2 is 1.65 bits per heavy atom. The van der Waals surface area contributed by atoms with E-state index >= 15 is 0 Å². The molecule has 1 heterocycles. The van der Waals surface area contributed by atoms with Crippen LogP contribution in [0.25, 0.3) is 22.2 Å². The highest BCUT2D eigenvalue weighted by molar-refractivity contribution is 5.91. The molecular weight excluding hydrogens is 274 g/mol. The molecule has 0 saturated carbocycles. The molecule has 0 aliphatic carbocycles. The van der Waals surface area contributed by atoms with Crippen LogP contribution in [-0.4, -0.2) is 5.16 Å². The normalized spacial score (nSPS) is 12.0. The third kappa shape index (κ3) is 2.13. The number of alkyl halides is 3. The molecule has 2 aromatic carbocycles. The molecule has 3 aromatic rings. The second kappa shape index (κ2) is 4.33. The predicted octanol–water partition coefficient (Wildman–Crippen LogP) is 4.65. The third-order valence-electron chi connectivity index (χ3n) is 2.92. The van der Waals surface area contributed by atoms with Crippen molar-refractivity contribution < 1.29 is 22.1 Å². The number of benzene rings is 2. The lowest BCUT2D eigenvalue weighted by Crippen LogP contribution is -2.03. The van der Waals surface area contributed by atoms with E-state index in [0.717, 1.165) is 12.1 Å². The maximum absolute atomic E-state index is 13.0. The maximum atomic E-state index is 13.0. The monoisotopic (exact) mass is 281 g/mol. The second-order valence-electron chi connectivity index (χ2n) is 4.25. The van der Waals surface area contributed by atoms with Gasteiger partial charge < -0.3 is 4.52 Å². The summed E-state index contributed by atoms with van der Waals surface area (Å²) in [4.78, 5) is 0. The van der Waals surface area contributed by atoms with Crippen molar-refractivity contribution in [1.82, 2.24) is 5.16 Å². The van der Waals surface area contributed by atoms with E-state index in [2.05, 4.69) is 5.16 Å². The van der Waals surface area contributed by atoms with E-state index < -0.39 is 17.6 Å². The number of nitrogens with zero attached hydrogens (tertiary/aromatic N) is 1. The molecule has 0 bridgehead atoms. The summed E-state index contributed by atoms with van der Waals surface area (Å²) in [5.41, 5.74) is 0.372. The summed E-state index contributed by atoms with van der Waals surface area (Å²) in [5.74, 6) is -0.465. The topological polar surface area (TPSA) is 26.0 Å². The highest BCUT2D eigenvalue weighted by atomic mass is 19.4. The van der Waals surface area contributed by atoms with E-state index in [1.807, 2.05) is 0 Å². The Balaban J connectivity index is 2.07. The number of aromatic nitrogens is 1. The molecule has 2 nitrogen and oxygen atoms in total. The zero-order valence-electron chi connectivity index (χ0n) is 9.91. The van der Waals surface area contributed by atoms with Crippen molar-refractivity contribution in [2.75, 3.05) is 0 Å². The van der Waals surface area contributed by atoms with Gasteiger partial charge in [-0.3, -0.25) is 0 Å². The lowest BCUT2D eigenvalue weighted by molar-refractivity contribution is -0.137. The number of rotatable bonds is 1. The minimum Gasteiger partial charge on any atom is -0.356 e. The van der Waals surface area contributed by atoms with Gasteiger partial charge in [-0.15, -0.1) is 0 Å². The van der Waals surface area contributed by atoms with Crippen molar-refractivity contribution in [3.8, 4) is 11.3 Å². The SMILES string of the molecule is Fc1ccc2c(-c3ccc(C(F)(F)F)cc3)noc2c1. The molecule has 0 N–H and O–H groups in total. The molecule has 3 rings (SSSR count). The minimum atomic E-state index is -4.38. The van der Waals surface area contributed by atoms with E-state index in [4.69, 9.17) is 4.52 Å². The van der Waals surface area contributed by atoms with Crippen molar-refractivity contribution in [2.45, 2.75) is 6.18 Å². The first-order valence-corrected chi connectivity index (χ1v) is 5.68. The van der Waals surface area contributed by atoms with Gasteiger partial charge in [-0.25, -0.2) is 4.39 Å². The van der Waals surface area contributed by atoms with Gasteiger partial charge in [0, 0.05) is 17.0 Å². The van der Waals surface area contributed by atoms with Crippen LogP contribution in [0.4, 0.5) is 17.6 Å². The lowest BCUT2D eigenvalue weighted by Gasteiger charge is -2.06. The zero-order chi connectivity index (χ0) is 14.3. The van der Waals surface area contributed by atoms with Crippen LogP contribution >= 0.6 is 0 Å². The van der Waals surface area contributed by atoms with E-state index in [9.17, 15) is 17.6 Å². The van der Waals surface area contributed by atoms with Gasteiger partial charge in [-0.2, -0.15) is 13.2 Å². The lowest BCUT2D eigenvalue weighted by atomic mass is 10.1. The predicted molar refractivity (Wildman–Crippen MR) is 64.4 cm³/mol. The van der Waals surface area contributed by atoms with Crippen molar-refractivity contribution in [1.29, 1.82) is 0 Å². The van der Waals surface area contributed by atoms with Crippen LogP contribution < -0.4 is 0 Å². The molecule has 20 heavy (non-hydrogen) atoms. The Labute approximate surface area is 110 Å². The number of fused-ring (bicyclic) bond motifs is 1. The largest absolute Gasteiger partial charge is 0.416 e. The molecule has 0 radical (unpaired) electrons. The Morgan fingerprint density at radius 3 is 2.30 bits per heavy atom. The summed E-state index contributed by atoms with van der Waals surface area (Å²) >= 11 is 0. The molecule has 0 atom stereocenters. The Bertz CT molecular complexity index is 759. The summed E-state index contributed by atoms with van der Waals surface area (Å²) < 4.78 is 55.4. The molecule has 0 amide bonds. The van der Waals surface area contributed by atoms with Crippen LogP contribution in [-0.2, 0) is 6.18 Å². The molecule has 0 fully saturated rings. The van der Waals surface area contributed by atoms with Crippen LogP contribution in [0.3, 0.4) is 0 Å². The van der Waals surface area contributed by atoms with Gasteiger partial charge in [0.1, 0.15) is 11.5 Å². The summed E-state index contributed by atoms with van der Waals surface area (Å²) in [6.07, 6.45) is -4.38. The maximum Gasteiger partial charge on any atom is 0.416 e. The summed E-state index contributed by atoms with van der Waals surface area (Å²) in [7, 11) is 0. The van der Waals surface area contributed by atoms with Gasteiger partial charge in [0.25, 0.3) is 0 Å². The van der Waals surface area contributed by atoms with Gasteiger partial charge >= 0.3 is 6.18 Å². The number of hydrogen-bond acceptors (Lipinski definition) is 2. The van der Waals surface area contributed by atoms with Crippen LogP contribution in [0.2, 0.25) is 0 Å².